The van der Waals surface area contributed by atoms with E-state index in [2.05, 4.69) is 24.3 Å². The van der Waals surface area contributed by atoms with Crippen LogP contribution in [0.4, 0.5) is 0 Å². The van der Waals surface area contributed by atoms with Gasteiger partial charge in [-0.15, -0.1) is 0 Å². The minimum absolute atomic E-state index is 0.134. The van der Waals surface area contributed by atoms with Gasteiger partial charge in [0, 0.05) is 18.7 Å². The molecule has 0 unspecified atom stereocenters. The summed E-state index contributed by atoms with van der Waals surface area (Å²) in [6, 6.07) is 9.58. The molecule has 0 atom stereocenters. The fourth-order valence-corrected chi connectivity index (χ4v) is 2.17. The highest BCUT2D eigenvalue weighted by Crippen LogP contribution is 2.24. The highest BCUT2D eigenvalue weighted by Gasteiger charge is 2.15. The van der Waals surface area contributed by atoms with Gasteiger partial charge in [0.05, 0.1) is 12.8 Å². The SMILES string of the molecule is CCn1nc(C(=O)NCC(C)C)cc1-c1cccc(OC)c1. The summed E-state index contributed by atoms with van der Waals surface area (Å²) in [6.45, 7) is 7.47. The number of hydrogen-bond donors (Lipinski definition) is 1. The Labute approximate surface area is 131 Å². The number of rotatable bonds is 6. The summed E-state index contributed by atoms with van der Waals surface area (Å²) >= 11 is 0. The number of benzene rings is 1. The Hall–Kier alpha value is -2.30. The molecule has 1 heterocycles. The lowest BCUT2D eigenvalue weighted by molar-refractivity contribution is 0.0943. The fourth-order valence-electron chi connectivity index (χ4n) is 2.17. The second-order valence-electron chi connectivity index (χ2n) is 5.57. The number of hydrogen-bond acceptors (Lipinski definition) is 3. The molecular weight excluding hydrogens is 278 g/mol. The normalized spacial score (nSPS) is 10.8. The van der Waals surface area contributed by atoms with Gasteiger partial charge in [-0.1, -0.05) is 26.0 Å². The maximum atomic E-state index is 12.2. The first-order valence-electron chi connectivity index (χ1n) is 7.55. The number of nitrogens with zero attached hydrogens (tertiary/aromatic N) is 2. The molecule has 1 aromatic heterocycles. The van der Waals surface area contributed by atoms with Gasteiger partial charge in [-0.05, 0) is 31.0 Å². The van der Waals surface area contributed by atoms with Gasteiger partial charge in [0.15, 0.2) is 5.69 Å². The van der Waals surface area contributed by atoms with E-state index in [9.17, 15) is 4.79 Å². The van der Waals surface area contributed by atoms with Crippen molar-refractivity contribution in [2.24, 2.45) is 5.92 Å². The second-order valence-corrected chi connectivity index (χ2v) is 5.57. The molecule has 0 spiro atoms. The molecule has 0 aliphatic rings. The zero-order chi connectivity index (χ0) is 16.1. The molecule has 0 aliphatic carbocycles. The monoisotopic (exact) mass is 301 g/mol. The van der Waals surface area contributed by atoms with Crippen LogP contribution in [0.15, 0.2) is 30.3 Å². The lowest BCUT2D eigenvalue weighted by atomic mass is 10.1. The lowest BCUT2D eigenvalue weighted by Gasteiger charge is -2.06. The number of aryl methyl sites for hydroxylation is 1. The standard InChI is InChI=1S/C17H23N3O2/c1-5-20-16(13-7-6-8-14(9-13)22-4)10-15(19-20)17(21)18-11-12(2)3/h6-10,12H,5,11H2,1-4H3,(H,18,21). The number of carbonyl (C=O) groups excluding carboxylic acids is 1. The van der Waals surface area contributed by atoms with Crippen molar-refractivity contribution in [3.8, 4) is 17.0 Å². The number of nitrogens with one attached hydrogen (secondary N) is 1. The first-order chi connectivity index (χ1) is 10.5. The van der Waals surface area contributed by atoms with Crippen LogP contribution in [0.1, 0.15) is 31.3 Å². The van der Waals surface area contributed by atoms with Crippen molar-refractivity contribution < 1.29 is 9.53 Å². The van der Waals surface area contributed by atoms with Crippen molar-refractivity contribution in [2.75, 3.05) is 13.7 Å². The minimum atomic E-state index is -0.134. The molecule has 1 N–H and O–H groups in total. The Morgan fingerprint density at radius 1 is 1.36 bits per heavy atom. The molecule has 0 radical (unpaired) electrons. The van der Waals surface area contributed by atoms with Crippen LogP contribution >= 0.6 is 0 Å². The third kappa shape index (κ3) is 3.67. The predicted molar refractivity (Wildman–Crippen MR) is 87.1 cm³/mol. The Kier molecular flexibility index (Phi) is 5.20. The van der Waals surface area contributed by atoms with Crippen LogP contribution in [-0.2, 0) is 6.54 Å². The van der Waals surface area contributed by atoms with E-state index >= 15 is 0 Å². The van der Waals surface area contributed by atoms with Crippen molar-refractivity contribution >= 4 is 5.91 Å². The number of methoxy groups -OCH3 is 1. The Bertz CT molecular complexity index is 647. The molecule has 1 amide bonds. The average molecular weight is 301 g/mol. The van der Waals surface area contributed by atoms with Crippen molar-refractivity contribution in [2.45, 2.75) is 27.3 Å². The Morgan fingerprint density at radius 3 is 2.77 bits per heavy atom. The van der Waals surface area contributed by atoms with Gasteiger partial charge in [0.25, 0.3) is 5.91 Å². The third-order valence-electron chi connectivity index (χ3n) is 3.35. The molecule has 0 saturated heterocycles. The van der Waals surface area contributed by atoms with Gasteiger partial charge in [-0.2, -0.15) is 5.10 Å². The maximum Gasteiger partial charge on any atom is 0.271 e. The molecule has 22 heavy (non-hydrogen) atoms. The van der Waals surface area contributed by atoms with E-state index in [0.29, 0.717) is 24.7 Å². The van der Waals surface area contributed by atoms with E-state index in [-0.39, 0.29) is 5.91 Å². The van der Waals surface area contributed by atoms with Crippen molar-refractivity contribution in [1.82, 2.24) is 15.1 Å². The first kappa shape index (κ1) is 16.1. The van der Waals surface area contributed by atoms with E-state index in [1.165, 1.54) is 0 Å². The molecule has 5 nitrogen and oxygen atoms in total. The van der Waals surface area contributed by atoms with Gasteiger partial charge >= 0.3 is 0 Å². The summed E-state index contributed by atoms with van der Waals surface area (Å²) in [5.74, 6) is 1.06. The summed E-state index contributed by atoms with van der Waals surface area (Å²) in [5.41, 5.74) is 2.34. The second kappa shape index (κ2) is 7.11. The smallest absolute Gasteiger partial charge is 0.271 e. The lowest BCUT2D eigenvalue weighted by Crippen LogP contribution is -2.27. The van der Waals surface area contributed by atoms with Gasteiger partial charge in [-0.25, -0.2) is 0 Å². The van der Waals surface area contributed by atoms with Crippen LogP contribution in [0.5, 0.6) is 5.75 Å². The van der Waals surface area contributed by atoms with Crippen molar-refractivity contribution in [3.63, 3.8) is 0 Å². The highest BCUT2D eigenvalue weighted by atomic mass is 16.5. The van der Waals surface area contributed by atoms with Crippen LogP contribution < -0.4 is 10.1 Å². The van der Waals surface area contributed by atoms with Gasteiger partial charge in [0.2, 0.25) is 0 Å². The molecule has 0 saturated carbocycles. The molecule has 5 heteroatoms. The molecule has 1 aromatic carbocycles. The van der Waals surface area contributed by atoms with Crippen LogP contribution in [0.2, 0.25) is 0 Å². The largest absolute Gasteiger partial charge is 0.497 e. The quantitative estimate of drug-likeness (QED) is 0.892. The maximum absolute atomic E-state index is 12.2. The zero-order valence-electron chi connectivity index (χ0n) is 13.6. The van der Waals surface area contributed by atoms with E-state index in [1.807, 2.05) is 41.9 Å². The molecule has 2 rings (SSSR count). The van der Waals surface area contributed by atoms with E-state index in [0.717, 1.165) is 17.0 Å². The van der Waals surface area contributed by atoms with Crippen LogP contribution in [0.25, 0.3) is 11.3 Å². The van der Waals surface area contributed by atoms with Gasteiger partial charge in [0.1, 0.15) is 5.75 Å². The molecule has 2 aromatic rings. The first-order valence-corrected chi connectivity index (χ1v) is 7.55. The van der Waals surface area contributed by atoms with Gasteiger partial charge in [-0.3, -0.25) is 9.48 Å². The summed E-state index contributed by atoms with van der Waals surface area (Å²) in [5, 5.41) is 7.30. The number of carbonyl (C=O) groups is 1. The molecule has 0 aliphatic heterocycles. The minimum Gasteiger partial charge on any atom is -0.497 e. The van der Waals surface area contributed by atoms with E-state index < -0.39 is 0 Å². The summed E-state index contributed by atoms with van der Waals surface area (Å²) in [4.78, 5) is 12.2. The topological polar surface area (TPSA) is 56.2 Å². The average Bonchev–Trinajstić information content (AvgIpc) is 2.97. The van der Waals surface area contributed by atoms with Gasteiger partial charge < -0.3 is 10.1 Å². The number of amides is 1. The van der Waals surface area contributed by atoms with Crippen molar-refractivity contribution in [3.05, 3.63) is 36.0 Å². The van der Waals surface area contributed by atoms with E-state index in [1.54, 1.807) is 7.11 Å². The molecule has 0 fully saturated rings. The van der Waals surface area contributed by atoms with Crippen LogP contribution in [0.3, 0.4) is 0 Å². The van der Waals surface area contributed by atoms with Crippen LogP contribution in [-0.4, -0.2) is 29.3 Å². The Balaban J connectivity index is 2.30. The fraction of sp³-hybridized carbons (Fsp3) is 0.412. The van der Waals surface area contributed by atoms with Crippen molar-refractivity contribution in [1.29, 1.82) is 0 Å². The highest BCUT2D eigenvalue weighted by molar-refractivity contribution is 5.93. The third-order valence-corrected chi connectivity index (χ3v) is 3.35. The summed E-state index contributed by atoms with van der Waals surface area (Å²) in [6.07, 6.45) is 0. The van der Waals surface area contributed by atoms with E-state index in [4.69, 9.17) is 4.74 Å². The molecular formula is C17H23N3O2. The number of aromatic nitrogens is 2. The molecule has 118 valence electrons. The Morgan fingerprint density at radius 2 is 2.14 bits per heavy atom. The summed E-state index contributed by atoms with van der Waals surface area (Å²) < 4.78 is 7.09. The summed E-state index contributed by atoms with van der Waals surface area (Å²) in [7, 11) is 1.64. The predicted octanol–water partition coefficient (Wildman–Crippen LogP) is 2.96. The zero-order valence-corrected chi connectivity index (χ0v) is 13.6. The number of ether oxygens (including phenoxy) is 1. The molecule has 0 bridgehead atoms. The van der Waals surface area contributed by atoms with Crippen LogP contribution in [0, 0.1) is 5.92 Å².